The summed E-state index contributed by atoms with van der Waals surface area (Å²) in [4.78, 5) is 4.38. The van der Waals surface area contributed by atoms with Crippen LogP contribution in [0.2, 0.25) is 0 Å². The second-order valence-corrected chi connectivity index (χ2v) is 8.70. The molecule has 2 aromatic rings. The van der Waals surface area contributed by atoms with E-state index in [0.717, 1.165) is 6.26 Å². The third kappa shape index (κ3) is 3.05. The summed E-state index contributed by atoms with van der Waals surface area (Å²) in [6, 6.07) is 0. The normalized spacial score (nSPS) is 13.1. The van der Waals surface area contributed by atoms with Crippen LogP contribution in [0.15, 0.2) is 16.6 Å². The number of fused-ring (bicyclic) bond motifs is 1. The van der Waals surface area contributed by atoms with E-state index < -0.39 is 19.9 Å². The van der Waals surface area contributed by atoms with E-state index in [1.165, 1.54) is 21.9 Å². The van der Waals surface area contributed by atoms with Gasteiger partial charge < -0.3 is 5.73 Å². The Labute approximate surface area is 114 Å². The van der Waals surface area contributed by atoms with Gasteiger partial charge in [-0.1, -0.05) is 0 Å². The van der Waals surface area contributed by atoms with Crippen molar-refractivity contribution in [3.63, 3.8) is 0 Å². The van der Waals surface area contributed by atoms with Crippen LogP contribution < -0.4 is 10.5 Å². The Hall–Kier alpha value is -1.17. The molecular formula is C8H12N4O4S3. The van der Waals surface area contributed by atoms with E-state index in [1.807, 2.05) is 0 Å². The third-order valence-corrected chi connectivity index (χ3v) is 5.46. The van der Waals surface area contributed by atoms with Crippen molar-refractivity contribution >= 4 is 42.0 Å². The maximum Gasteiger partial charge on any atom is 0.260 e. The molecule has 8 nitrogen and oxygen atoms in total. The Morgan fingerprint density at radius 3 is 2.74 bits per heavy atom. The molecule has 0 aromatic carbocycles. The lowest BCUT2D eigenvalue weighted by molar-refractivity contribution is 0.578. The Bertz CT molecular complexity index is 802. The number of hydrogen-bond donors (Lipinski definition) is 2. The van der Waals surface area contributed by atoms with E-state index >= 15 is 0 Å². The molecule has 0 fully saturated rings. The van der Waals surface area contributed by atoms with Gasteiger partial charge in [-0.05, 0) is 0 Å². The van der Waals surface area contributed by atoms with Crippen molar-refractivity contribution in [2.75, 3.05) is 24.3 Å². The standard InChI is InChI=1S/C8H12N4O4S3/c1-18(13,14)5-2-10-19(15,16)7-6(9)11-8-12(7)3-4-17-8/h3-4,10H,2,5,9H2,1H3. The summed E-state index contributed by atoms with van der Waals surface area (Å²) in [6.07, 6.45) is 2.57. The van der Waals surface area contributed by atoms with Crippen LogP contribution in [0.25, 0.3) is 4.96 Å². The summed E-state index contributed by atoms with van der Waals surface area (Å²) in [5.41, 5.74) is 5.58. The van der Waals surface area contributed by atoms with Gasteiger partial charge in [0.2, 0.25) is 0 Å². The first-order chi connectivity index (χ1) is 8.71. The summed E-state index contributed by atoms with van der Waals surface area (Å²) < 4.78 is 49.6. The van der Waals surface area contributed by atoms with E-state index in [9.17, 15) is 16.8 Å². The largest absolute Gasteiger partial charge is 0.381 e. The molecule has 19 heavy (non-hydrogen) atoms. The second kappa shape index (κ2) is 4.74. The predicted molar refractivity (Wildman–Crippen MR) is 72.4 cm³/mol. The monoisotopic (exact) mass is 324 g/mol. The number of nitrogen functional groups attached to an aromatic ring is 1. The van der Waals surface area contributed by atoms with Gasteiger partial charge in [0.05, 0.1) is 5.75 Å². The van der Waals surface area contributed by atoms with Crippen LogP contribution in [0, 0.1) is 0 Å². The van der Waals surface area contributed by atoms with Gasteiger partial charge in [-0.3, -0.25) is 4.40 Å². The molecule has 0 unspecified atom stereocenters. The van der Waals surface area contributed by atoms with Gasteiger partial charge in [-0.2, -0.15) is 0 Å². The van der Waals surface area contributed by atoms with Gasteiger partial charge in [-0.15, -0.1) is 11.3 Å². The number of sulfone groups is 1. The predicted octanol–water partition coefficient (Wildman–Crippen LogP) is -0.699. The van der Waals surface area contributed by atoms with Gasteiger partial charge in [0, 0.05) is 24.4 Å². The van der Waals surface area contributed by atoms with Gasteiger partial charge in [0.1, 0.15) is 9.84 Å². The summed E-state index contributed by atoms with van der Waals surface area (Å²) >= 11 is 1.25. The van der Waals surface area contributed by atoms with E-state index in [0.29, 0.717) is 4.96 Å². The number of nitrogens with zero attached hydrogens (tertiary/aromatic N) is 2. The summed E-state index contributed by atoms with van der Waals surface area (Å²) in [7, 11) is -7.13. The molecule has 2 aromatic heterocycles. The number of anilines is 1. The van der Waals surface area contributed by atoms with Crippen molar-refractivity contribution in [3.8, 4) is 0 Å². The first-order valence-corrected chi connectivity index (χ1v) is 9.51. The van der Waals surface area contributed by atoms with Crippen molar-refractivity contribution in [1.29, 1.82) is 0 Å². The lowest BCUT2D eigenvalue weighted by Crippen LogP contribution is -2.30. The zero-order chi connectivity index (χ0) is 14.3. The van der Waals surface area contributed by atoms with Crippen LogP contribution in [-0.2, 0) is 19.9 Å². The summed E-state index contributed by atoms with van der Waals surface area (Å²) in [5.74, 6) is -0.392. The van der Waals surface area contributed by atoms with Crippen molar-refractivity contribution < 1.29 is 16.8 Å². The average Bonchev–Trinajstić information content (AvgIpc) is 2.73. The molecule has 0 saturated carbocycles. The molecule has 0 atom stereocenters. The van der Waals surface area contributed by atoms with Crippen molar-refractivity contribution in [3.05, 3.63) is 11.6 Å². The number of aromatic nitrogens is 2. The highest BCUT2D eigenvalue weighted by Crippen LogP contribution is 2.22. The van der Waals surface area contributed by atoms with Crippen LogP contribution >= 0.6 is 11.3 Å². The number of thiazole rings is 1. The highest BCUT2D eigenvalue weighted by Gasteiger charge is 2.24. The zero-order valence-corrected chi connectivity index (χ0v) is 12.3. The molecule has 11 heteroatoms. The van der Waals surface area contributed by atoms with E-state index in [2.05, 4.69) is 9.71 Å². The lowest BCUT2D eigenvalue weighted by atomic mass is 10.8. The number of nitrogens with one attached hydrogen (secondary N) is 1. The number of hydrogen-bond acceptors (Lipinski definition) is 7. The number of imidazole rings is 1. The van der Waals surface area contributed by atoms with Crippen LogP contribution in [0.1, 0.15) is 0 Å². The van der Waals surface area contributed by atoms with Crippen LogP contribution in [0.3, 0.4) is 0 Å². The van der Waals surface area contributed by atoms with Gasteiger partial charge in [0.25, 0.3) is 10.0 Å². The minimum absolute atomic E-state index is 0.112. The first-order valence-electron chi connectivity index (χ1n) is 5.09. The average molecular weight is 324 g/mol. The smallest absolute Gasteiger partial charge is 0.260 e. The quantitative estimate of drug-likeness (QED) is 0.749. The van der Waals surface area contributed by atoms with Gasteiger partial charge >= 0.3 is 0 Å². The van der Waals surface area contributed by atoms with Crippen molar-refractivity contribution in [2.24, 2.45) is 0 Å². The molecule has 0 aliphatic carbocycles. The second-order valence-electron chi connectivity index (χ2n) is 3.89. The molecule has 2 rings (SSSR count). The van der Waals surface area contributed by atoms with Crippen LogP contribution in [-0.4, -0.2) is 44.8 Å². The Morgan fingerprint density at radius 2 is 2.11 bits per heavy atom. The molecule has 2 heterocycles. The number of sulfonamides is 1. The highest BCUT2D eigenvalue weighted by atomic mass is 32.2. The Balaban J connectivity index is 2.29. The van der Waals surface area contributed by atoms with Gasteiger partial charge in [0.15, 0.2) is 15.8 Å². The summed E-state index contributed by atoms with van der Waals surface area (Å²) in [5, 5.41) is 1.51. The molecule has 0 spiro atoms. The molecular weight excluding hydrogens is 312 g/mol. The van der Waals surface area contributed by atoms with E-state index in [4.69, 9.17) is 5.73 Å². The summed E-state index contributed by atoms with van der Waals surface area (Å²) in [6.45, 7) is -0.210. The molecule has 0 aliphatic heterocycles. The maximum atomic E-state index is 12.1. The topological polar surface area (TPSA) is 124 Å². The molecule has 0 radical (unpaired) electrons. The molecule has 0 bridgehead atoms. The van der Waals surface area contributed by atoms with Crippen LogP contribution in [0.5, 0.6) is 0 Å². The number of rotatable bonds is 5. The first kappa shape index (κ1) is 14.2. The van der Waals surface area contributed by atoms with E-state index in [1.54, 1.807) is 5.38 Å². The maximum absolute atomic E-state index is 12.1. The lowest BCUT2D eigenvalue weighted by Gasteiger charge is -2.05. The fourth-order valence-corrected chi connectivity index (χ4v) is 4.09. The fraction of sp³-hybridized carbons (Fsp3) is 0.375. The fourth-order valence-electron chi connectivity index (χ4n) is 1.48. The molecule has 0 saturated heterocycles. The minimum Gasteiger partial charge on any atom is -0.381 e. The zero-order valence-electron chi connectivity index (χ0n) is 9.90. The molecule has 3 N–H and O–H groups in total. The van der Waals surface area contributed by atoms with Crippen LogP contribution in [0.4, 0.5) is 5.82 Å². The highest BCUT2D eigenvalue weighted by molar-refractivity contribution is 7.91. The Kier molecular flexibility index (Phi) is 3.55. The molecule has 0 aliphatic rings. The van der Waals surface area contributed by atoms with Crippen molar-refractivity contribution in [1.82, 2.24) is 14.1 Å². The number of nitrogens with two attached hydrogens (primary N) is 1. The van der Waals surface area contributed by atoms with Gasteiger partial charge in [-0.25, -0.2) is 26.5 Å². The van der Waals surface area contributed by atoms with E-state index in [-0.39, 0.29) is 23.1 Å². The third-order valence-electron chi connectivity index (χ3n) is 2.26. The molecule has 0 amide bonds. The minimum atomic E-state index is -3.90. The SMILES string of the molecule is CS(=O)(=O)CCNS(=O)(=O)c1c(N)nc2sccn12. The molecule has 106 valence electrons. The van der Waals surface area contributed by atoms with Crippen molar-refractivity contribution in [2.45, 2.75) is 5.03 Å². The Morgan fingerprint density at radius 1 is 1.42 bits per heavy atom.